The highest BCUT2D eigenvalue weighted by atomic mass is 35.5. The monoisotopic (exact) mass is 300 g/mol. The van der Waals surface area contributed by atoms with Crippen LogP contribution in [0.5, 0.6) is 0 Å². The van der Waals surface area contributed by atoms with Crippen molar-refractivity contribution in [3.63, 3.8) is 0 Å². The first-order chi connectivity index (χ1) is 9.54. The van der Waals surface area contributed by atoms with Crippen molar-refractivity contribution in [2.24, 2.45) is 0 Å². The third-order valence-electron chi connectivity index (χ3n) is 2.94. The molecular formula is C14H21ClN2O3. The molecular weight excluding hydrogens is 280 g/mol. The molecule has 1 amide bonds. The molecule has 112 valence electrons. The zero-order valence-corrected chi connectivity index (χ0v) is 12.5. The van der Waals surface area contributed by atoms with Crippen molar-refractivity contribution in [3.05, 3.63) is 34.3 Å². The highest BCUT2D eigenvalue weighted by molar-refractivity contribution is 6.30. The SMILES string of the molecule is CNCCC(OCCNC(=O)O)c1cc(Cl)ccc1C. The van der Waals surface area contributed by atoms with Crippen LogP contribution in [-0.4, -0.2) is 37.9 Å². The first-order valence-electron chi connectivity index (χ1n) is 6.53. The molecule has 0 aliphatic rings. The fourth-order valence-electron chi connectivity index (χ4n) is 1.92. The van der Waals surface area contributed by atoms with Gasteiger partial charge in [-0.1, -0.05) is 17.7 Å². The summed E-state index contributed by atoms with van der Waals surface area (Å²) in [5.41, 5.74) is 2.16. The summed E-state index contributed by atoms with van der Waals surface area (Å²) in [6.45, 7) is 3.41. The molecule has 0 radical (unpaired) electrons. The van der Waals surface area contributed by atoms with E-state index in [4.69, 9.17) is 21.4 Å². The van der Waals surface area contributed by atoms with Crippen molar-refractivity contribution in [2.45, 2.75) is 19.4 Å². The normalized spacial score (nSPS) is 12.2. The van der Waals surface area contributed by atoms with Crippen LogP contribution in [0.25, 0.3) is 0 Å². The van der Waals surface area contributed by atoms with E-state index in [0.29, 0.717) is 11.6 Å². The minimum absolute atomic E-state index is 0.100. The maximum Gasteiger partial charge on any atom is 0.404 e. The van der Waals surface area contributed by atoms with Crippen LogP contribution in [0.3, 0.4) is 0 Å². The Bertz CT molecular complexity index is 440. The second-order valence-electron chi connectivity index (χ2n) is 4.48. The molecule has 1 aromatic carbocycles. The summed E-state index contributed by atoms with van der Waals surface area (Å²) in [7, 11) is 1.88. The van der Waals surface area contributed by atoms with Gasteiger partial charge in [-0.2, -0.15) is 0 Å². The summed E-state index contributed by atoms with van der Waals surface area (Å²) < 4.78 is 5.79. The zero-order valence-electron chi connectivity index (χ0n) is 11.8. The second kappa shape index (κ2) is 8.79. The first-order valence-corrected chi connectivity index (χ1v) is 6.91. The molecule has 0 saturated carbocycles. The Kier molecular flexibility index (Phi) is 7.36. The molecule has 0 heterocycles. The third-order valence-corrected chi connectivity index (χ3v) is 3.18. The largest absolute Gasteiger partial charge is 0.465 e. The minimum Gasteiger partial charge on any atom is -0.465 e. The van der Waals surface area contributed by atoms with Crippen molar-refractivity contribution in [1.29, 1.82) is 0 Å². The molecule has 0 fully saturated rings. The standard InChI is InChI=1S/C14H21ClN2O3/c1-10-3-4-11(15)9-12(10)13(5-6-16-2)20-8-7-17-14(18)19/h3-4,9,13,16-17H,5-8H2,1-2H3,(H,18,19). The number of amides is 1. The summed E-state index contributed by atoms with van der Waals surface area (Å²) in [6.07, 6.45) is -0.346. The van der Waals surface area contributed by atoms with E-state index < -0.39 is 6.09 Å². The lowest BCUT2D eigenvalue weighted by Crippen LogP contribution is -2.26. The smallest absolute Gasteiger partial charge is 0.404 e. The number of nitrogens with one attached hydrogen (secondary N) is 2. The summed E-state index contributed by atoms with van der Waals surface area (Å²) in [6, 6.07) is 5.71. The number of carbonyl (C=O) groups is 1. The second-order valence-corrected chi connectivity index (χ2v) is 4.92. The van der Waals surface area contributed by atoms with E-state index in [1.54, 1.807) is 0 Å². The molecule has 20 heavy (non-hydrogen) atoms. The fraction of sp³-hybridized carbons (Fsp3) is 0.500. The molecule has 0 spiro atoms. The van der Waals surface area contributed by atoms with E-state index in [9.17, 15) is 4.79 Å². The Morgan fingerprint density at radius 1 is 1.45 bits per heavy atom. The molecule has 0 aliphatic heterocycles. The molecule has 0 aromatic heterocycles. The molecule has 5 nitrogen and oxygen atoms in total. The fourth-order valence-corrected chi connectivity index (χ4v) is 2.10. The Morgan fingerprint density at radius 2 is 2.20 bits per heavy atom. The highest BCUT2D eigenvalue weighted by Crippen LogP contribution is 2.26. The summed E-state index contributed by atoms with van der Waals surface area (Å²) in [5.74, 6) is 0. The highest BCUT2D eigenvalue weighted by Gasteiger charge is 2.14. The number of aryl methyl sites for hydroxylation is 1. The van der Waals surface area contributed by atoms with Crippen LogP contribution in [0, 0.1) is 6.92 Å². The average Bonchev–Trinajstić information content (AvgIpc) is 2.41. The summed E-state index contributed by atoms with van der Waals surface area (Å²) >= 11 is 6.04. The van der Waals surface area contributed by atoms with E-state index in [1.807, 2.05) is 32.2 Å². The number of hydrogen-bond donors (Lipinski definition) is 3. The molecule has 1 unspecified atom stereocenters. The number of rotatable bonds is 8. The Morgan fingerprint density at radius 3 is 2.85 bits per heavy atom. The van der Waals surface area contributed by atoms with Crippen LogP contribution in [0.1, 0.15) is 23.7 Å². The number of benzene rings is 1. The average molecular weight is 301 g/mol. The quantitative estimate of drug-likeness (QED) is 0.645. The van der Waals surface area contributed by atoms with E-state index in [2.05, 4.69) is 10.6 Å². The van der Waals surface area contributed by atoms with Crippen LogP contribution in [0.15, 0.2) is 18.2 Å². The van der Waals surface area contributed by atoms with Gasteiger partial charge in [-0.05, 0) is 50.2 Å². The van der Waals surface area contributed by atoms with Gasteiger partial charge in [0.05, 0.1) is 12.7 Å². The van der Waals surface area contributed by atoms with Gasteiger partial charge in [-0.25, -0.2) is 4.79 Å². The van der Waals surface area contributed by atoms with Gasteiger partial charge in [0.25, 0.3) is 0 Å². The summed E-state index contributed by atoms with van der Waals surface area (Å²) in [4.78, 5) is 10.4. The van der Waals surface area contributed by atoms with Crippen LogP contribution >= 0.6 is 11.6 Å². The Balaban J connectivity index is 2.67. The van der Waals surface area contributed by atoms with Crippen LogP contribution in [0.2, 0.25) is 5.02 Å². The van der Waals surface area contributed by atoms with Gasteiger partial charge in [0.1, 0.15) is 0 Å². The van der Waals surface area contributed by atoms with E-state index >= 15 is 0 Å². The van der Waals surface area contributed by atoms with Crippen LogP contribution in [-0.2, 0) is 4.74 Å². The van der Waals surface area contributed by atoms with Crippen molar-refractivity contribution >= 4 is 17.7 Å². The van der Waals surface area contributed by atoms with E-state index in [0.717, 1.165) is 24.1 Å². The maximum absolute atomic E-state index is 10.4. The van der Waals surface area contributed by atoms with Gasteiger partial charge in [-0.15, -0.1) is 0 Å². The lowest BCUT2D eigenvalue weighted by atomic mass is 10.0. The van der Waals surface area contributed by atoms with Crippen LogP contribution < -0.4 is 10.6 Å². The van der Waals surface area contributed by atoms with Gasteiger partial charge < -0.3 is 20.5 Å². The van der Waals surface area contributed by atoms with Crippen LogP contribution in [0.4, 0.5) is 4.79 Å². The number of halogens is 1. The lowest BCUT2D eigenvalue weighted by Gasteiger charge is -2.20. The molecule has 0 saturated heterocycles. The van der Waals surface area contributed by atoms with Crippen molar-refractivity contribution < 1.29 is 14.6 Å². The number of hydrogen-bond acceptors (Lipinski definition) is 3. The first kappa shape index (κ1) is 16.8. The molecule has 0 bridgehead atoms. The molecule has 1 aromatic rings. The van der Waals surface area contributed by atoms with E-state index in [-0.39, 0.29) is 12.6 Å². The van der Waals surface area contributed by atoms with Crippen molar-refractivity contribution in [1.82, 2.24) is 10.6 Å². The Labute approximate surface area is 124 Å². The molecule has 1 atom stereocenters. The molecule has 6 heteroatoms. The van der Waals surface area contributed by atoms with E-state index in [1.165, 1.54) is 0 Å². The minimum atomic E-state index is -1.04. The Hall–Kier alpha value is -1.30. The van der Waals surface area contributed by atoms with Crippen molar-refractivity contribution in [2.75, 3.05) is 26.7 Å². The summed E-state index contributed by atoms with van der Waals surface area (Å²) in [5, 5.41) is 14.6. The van der Waals surface area contributed by atoms with Gasteiger partial charge in [0.15, 0.2) is 0 Å². The zero-order chi connectivity index (χ0) is 15.0. The number of carboxylic acid groups (broad SMARTS) is 1. The van der Waals surface area contributed by atoms with Crippen molar-refractivity contribution in [3.8, 4) is 0 Å². The van der Waals surface area contributed by atoms with Gasteiger partial charge in [0, 0.05) is 11.6 Å². The topological polar surface area (TPSA) is 70.6 Å². The van der Waals surface area contributed by atoms with Gasteiger partial charge >= 0.3 is 6.09 Å². The molecule has 3 N–H and O–H groups in total. The molecule has 0 aliphatic carbocycles. The third kappa shape index (κ3) is 5.77. The van der Waals surface area contributed by atoms with Gasteiger partial charge in [0.2, 0.25) is 0 Å². The van der Waals surface area contributed by atoms with Gasteiger partial charge in [-0.3, -0.25) is 0 Å². The predicted octanol–water partition coefficient (Wildman–Crippen LogP) is 2.58. The maximum atomic E-state index is 10.4. The predicted molar refractivity (Wildman–Crippen MR) is 79.5 cm³/mol. The molecule has 1 rings (SSSR count). The lowest BCUT2D eigenvalue weighted by molar-refractivity contribution is 0.0486. The number of ether oxygens (including phenoxy) is 1.